The number of halogens is 2. The van der Waals surface area contributed by atoms with Crippen LogP contribution in [0.25, 0.3) is 17.0 Å². The molecule has 0 radical (unpaired) electrons. The number of rotatable bonds is 9. The van der Waals surface area contributed by atoms with Crippen LogP contribution in [0, 0.1) is 0 Å². The van der Waals surface area contributed by atoms with Crippen molar-refractivity contribution in [3.05, 3.63) is 78.0 Å². The fourth-order valence-corrected chi connectivity index (χ4v) is 2.75. The van der Waals surface area contributed by atoms with Crippen molar-refractivity contribution in [2.75, 3.05) is 13.2 Å². The van der Waals surface area contributed by atoms with Gasteiger partial charge < -0.3 is 14.8 Å². The van der Waals surface area contributed by atoms with Crippen molar-refractivity contribution in [3.8, 4) is 5.75 Å². The van der Waals surface area contributed by atoms with Crippen LogP contribution in [0.2, 0.25) is 0 Å². The van der Waals surface area contributed by atoms with Gasteiger partial charge in [0.2, 0.25) is 0 Å². The number of hydrogen-bond acceptors (Lipinski definition) is 5. The van der Waals surface area contributed by atoms with Gasteiger partial charge in [0, 0.05) is 18.0 Å². The van der Waals surface area contributed by atoms with E-state index >= 15 is 0 Å². The van der Waals surface area contributed by atoms with E-state index in [-0.39, 0.29) is 5.75 Å². The molecule has 0 saturated heterocycles. The van der Waals surface area contributed by atoms with Gasteiger partial charge in [0.1, 0.15) is 5.75 Å². The zero-order chi connectivity index (χ0) is 22.1. The number of nitrogens with one attached hydrogen (secondary N) is 1. The summed E-state index contributed by atoms with van der Waals surface area (Å²) in [6.07, 6.45) is 3.23. The zero-order valence-corrected chi connectivity index (χ0v) is 16.5. The smallest absolute Gasteiger partial charge is 0.387 e. The number of fused-ring (bicyclic) bond motifs is 1. The number of carbonyl (C=O) groups excluding carboxylic acids is 2. The van der Waals surface area contributed by atoms with Gasteiger partial charge in [-0.1, -0.05) is 36.4 Å². The Morgan fingerprint density at radius 3 is 2.58 bits per heavy atom. The number of esters is 1. The molecule has 0 saturated carbocycles. The zero-order valence-electron chi connectivity index (χ0n) is 16.5. The Hall–Kier alpha value is -3.81. The first-order valence-electron chi connectivity index (χ1n) is 9.51. The minimum Gasteiger partial charge on any atom is -0.452 e. The van der Waals surface area contributed by atoms with E-state index in [1.54, 1.807) is 18.2 Å². The highest BCUT2D eigenvalue weighted by molar-refractivity contribution is 5.89. The van der Waals surface area contributed by atoms with Gasteiger partial charge in [0.15, 0.2) is 6.61 Å². The molecule has 0 aliphatic heterocycles. The second-order valence-electron chi connectivity index (χ2n) is 6.49. The Bertz CT molecular complexity index is 1070. The first-order chi connectivity index (χ1) is 15.0. The summed E-state index contributed by atoms with van der Waals surface area (Å²) >= 11 is 0. The second-order valence-corrected chi connectivity index (χ2v) is 6.49. The van der Waals surface area contributed by atoms with Gasteiger partial charge in [-0.05, 0) is 42.3 Å². The highest BCUT2D eigenvalue weighted by Crippen LogP contribution is 2.15. The Kier molecular flexibility index (Phi) is 7.64. The Labute approximate surface area is 177 Å². The molecule has 0 bridgehead atoms. The number of nitrogens with zero attached hydrogens (tertiary/aromatic N) is 1. The summed E-state index contributed by atoms with van der Waals surface area (Å²) < 4.78 is 33.4. The van der Waals surface area contributed by atoms with Gasteiger partial charge in [0.25, 0.3) is 5.91 Å². The Morgan fingerprint density at radius 2 is 1.81 bits per heavy atom. The van der Waals surface area contributed by atoms with E-state index in [0.29, 0.717) is 18.7 Å². The summed E-state index contributed by atoms with van der Waals surface area (Å²) in [5, 5.41) is 3.62. The van der Waals surface area contributed by atoms with Crippen molar-refractivity contribution in [3.63, 3.8) is 0 Å². The average Bonchev–Trinajstić information content (AvgIpc) is 2.77. The summed E-state index contributed by atoms with van der Waals surface area (Å²) in [4.78, 5) is 28.0. The number of benzene rings is 2. The number of amides is 1. The molecule has 8 heteroatoms. The van der Waals surface area contributed by atoms with Gasteiger partial charge in [-0.2, -0.15) is 8.78 Å². The molecule has 160 valence electrons. The van der Waals surface area contributed by atoms with Crippen LogP contribution in [-0.2, 0) is 20.7 Å². The van der Waals surface area contributed by atoms with E-state index < -0.39 is 25.1 Å². The summed E-state index contributed by atoms with van der Waals surface area (Å²) in [5.41, 5.74) is 2.25. The summed E-state index contributed by atoms with van der Waals surface area (Å²) in [7, 11) is 0. The van der Waals surface area contributed by atoms with Crippen LogP contribution in [0.4, 0.5) is 8.78 Å². The molecule has 3 rings (SSSR count). The van der Waals surface area contributed by atoms with Crippen molar-refractivity contribution >= 4 is 28.9 Å². The van der Waals surface area contributed by atoms with Crippen molar-refractivity contribution < 1.29 is 27.8 Å². The summed E-state index contributed by atoms with van der Waals surface area (Å²) in [6.45, 7) is -2.97. The molecule has 0 unspecified atom stereocenters. The van der Waals surface area contributed by atoms with Gasteiger partial charge in [-0.25, -0.2) is 9.78 Å². The predicted molar refractivity (Wildman–Crippen MR) is 112 cm³/mol. The molecule has 3 aromatic rings. The number of carbonyl (C=O) groups is 2. The lowest BCUT2D eigenvalue weighted by atomic mass is 10.1. The van der Waals surface area contributed by atoms with Gasteiger partial charge in [0.05, 0.1) is 11.2 Å². The first kappa shape index (κ1) is 21.9. The lowest BCUT2D eigenvalue weighted by Crippen LogP contribution is -2.30. The first-order valence-corrected chi connectivity index (χ1v) is 9.51. The van der Waals surface area contributed by atoms with E-state index in [0.717, 1.165) is 16.5 Å². The molecular weight excluding hydrogens is 406 g/mol. The number of alkyl halides is 2. The molecule has 0 spiro atoms. The van der Waals surface area contributed by atoms with Gasteiger partial charge in [-0.3, -0.25) is 4.79 Å². The maximum atomic E-state index is 12.1. The minimum atomic E-state index is -2.87. The lowest BCUT2D eigenvalue weighted by molar-refractivity contribution is -0.143. The Balaban J connectivity index is 1.37. The lowest BCUT2D eigenvalue weighted by Gasteiger charge is -2.07. The number of ether oxygens (including phenoxy) is 2. The van der Waals surface area contributed by atoms with Crippen molar-refractivity contribution in [2.24, 2.45) is 0 Å². The molecule has 1 heterocycles. The average molecular weight is 426 g/mol. The van der Waals surface area contributed by atoms with Gasteiger partial charge >= 0.3 is 12.6 Å². The van der Waals surface area contributed by atoms with Crippen molar-refractivity contribution in [2.45, 2.75) is 13.0 Å². The molecule has 2 aromatic carbocycles. The van der Waals surface area contributed by atoms with Crippen LogP contribution < -0.4 is 10.1 Å². The third-order valence-corrected chi connectivity index (χ3v) is 4.24. The third kappa shape index (κ3) is 7.18. The maximum Gasteiger partial charge on any atom is 0.387 e. The molecule has 1 N–H and O–H groups in total. The van der Waals surface area contributed by atoms with E-state index in [9.17, 15) is 18.4 Å². The monoisotopic (exact) mass is 426 g/mol. The number of para-hydroxylation sites is 1. The molecule has 1 aromatic heterocycles. The number of hydrogen-bond donors (Lipinski definition) is 1. The normalized spacial score (nSPS) is 11.1. The van der Waals surface area contributed by atoms with Crippen LogP contribution in [0.1, 0.15) is 11.3 Å². The van der Waals surface area contributed by atoms with Crippen LogP contribution >= 0.6 is 0 Å². The molecule has 6 nitrogen and oxygen atoms in total. The SMILES string of the molecule is O=C(COC(=O)/C=C/c1ccc2ccccc2n1)NCCc1ccc(OC(F)F)cc1. The summed E-state index contributed by atoms with van der Waals surface area (Å²) in [6, 6.07) is 17.4. The number of aromatic nitrogens is 1. The van der Waals surface area contributed by atoms with Gasteiger partial charge in [-0.15, -0.1) is 0 Å². The van der Waals surface area contributed by atoms with E-state index in [2.05, 4.69) is 15.0 Å². The van der Waals surface area contributed by atoms with Crippen LogP contribution in [0.3, 0.4) is 0 Å². The highest BCUT2D eigenvalue weighted by Gasteiger charge is 2.06. The fraction of sp³-hybridized carbons (Fsp3) is 0.174. The van der Waals surface area contributed by atoms with E-state index in [1.807, 2.05) is 30.3 Å². The van der Waals surface area contributed by atoms with E-state index in [4.69, 9.17) is 4.74 Å². The molecule has 31 heavy (non-hydrogen) atoms. The minimum absolute atomic E-state index is 0.0710. The largest absolute Gasteiger partial charge is 0.452 e. The van der Waals surface area contributed by atoms with Crippen molar-refractivity contribution in [1.29, 1.82) is 0 Å². The predicted octanol–water partition coefficient (Wildman–Crippen LogP) is 3.75. The number of pyridine rings is 1. The van der Waals surface area contributed by atoms with Crippen molar-refractivity contribution in [1.82, 2.24) is 10.3 Å². The fourth-order valence-electron chi connectivity index (χ4n) is 2.75. The molecular formula is C23H20F2N2O4. The second kappa shape index (κ2) is 10.8. The molecule has 0 fully saturated rings. The molecule has 0 atom stereocenters. The third-order valence-electron chi connectivity index (χ3n) is 4.24. The highest BCUT2D eigenvalue weighted by atomic mass is 19.3. The molecule has 0 aliphatic carbocycles. The molecule has 1 amide bonds. The summed E-state index contributed by atoms with van der Waals surface area (Å²) in [5.74, 6) is -1.02. The quantitative estimate of drug-likeness (QED) is 0.417. The van der Waals surface area contributed by atoms with Crippen LogP contribution in [0.5, 0.6) is 5.75 Å². The molecule has 0 aliphatic rings. The Morgan fingerprint density at radius 1 is 1.03 bits per heavy atom. The van der Waals surface area contributed by atoms with Crippen LogP contribution in [0.15, 0.2) is 66.7 Å². The topological polar surface area (TPSA) is 77.5 Å². The van der Waals surface area contributed by atoms with Crippen LogP contribution in [-0.4, -0.2) is 36.6 Å². The standard InChI is InChI=1S/C23H20F2N2O4/c24-23(25)31-19-10-5-16(6-11-19)13-14-26-21(28)15-30-22(29)12-9-18-8-7-17-3-1-2-4-20(17)27-18/h1-12,23H,13-15H2,(H,26,28)/b12-9+. The van der Waals surface area contributed by atoms with E-state index in [1.165, 1.54) is 24.3 Å². The maximum absolute atomic E-state index is 12.1.